The fourth-order valence-electron chi connectivity index (χ4n) is 7.52. The van der Waals surface area contributed by atoms with E-state index in [0.717, 1.165) is 21.1 Å². The minimum Gasteiger partial charge on any atom is -0.245 e. The summed E-state index contributed by atoms with van der Waals surface area (Å²) in [7, 11) is 0. The van der Waals surface area contributed by atoms with Gasteiger partial charge >= 0.3 is 0 Å². The standard InChI is InChI=1S/C48H30N2S2/c1-3-9-31(10-4-1)41-29-45-43-27-35(33-13-7-15-37(25-33)47-49-21-23-51-47)17-19-39(43)40-20-18-36(34-14-8-16-38(26-34)48-50-22-24-52-48)28-44(40)46(45)30-42(41)32-11-5-2-6-12-32/h1-30H. The van der Waals surface area contributed by atoms with Gasteiger partial charge in [-0.15, -0.1) is 22.7 Å². The third kappa shape index (κ3) is 5.41. The molecule has 0 aliphatic carbocycles. The lowest BCUT2D eigenvalue weighted by Crippen LogP contribution is -1.91. The molecule has 0 saturated carbocycles. The highest BCUT2D eigenvalue weighted by molar-refractivity contribution is 7.13. The molecule has 52 heavy (non-hydrogen) atoms. The second kappa shape index (κ2) is 12.8. The van der Waals surface area contributed by atoms with Crippen LogP contribution in [-0.4, -0.2) is 9.97 Å². The first-order valence-corrected chi connectivity index (χ1v) is 19.1. The zero-order chi connectivity index (χ0) is 34.4. The summed E-state index contributed by atoms with van der Waals surface area (Å²) in [6.07, 6.45) is 3.74. The normalized spacial score (nSPS) is 11.5. The van der Waals surface area contributed by atoms with Crippen LogP contribution in [-0.2, 0) is 0 Å². The van der Waals surface area contributed by atoms with Gasteiger partial charge in [0.15, 0.2) is 0 Å². The van der Waals surface area contributed by atoms with Gasteiger partial charge in [-0.05, 0) is 113 Å². The molecule has 0 aliphatic rings. The SMILES string of the molecule is c1ccc(-c2cc3c4cc(-c5cccc(-c6nccs6)c5)ccc4c4ccc(-c5cccc(-c6nccs6)c5)cc4c3cc2-c2ccccc2)cc1. The van der Waals surface area contributed by atoms with Gasteiger partial charge in [0.1, 0.15) is 10.0 Å². The van der Waals surface area contributed by atoms with E-state index in [1.54, 1.807) is 22.7 Å². The zero-order valence-corrected chi connectivity index (χ0v) is 29.7. The predicted molar refractivity (Wildman–Crippen MR) is 223 cm³/mol. The lowest BCUT2D eigenvalue weighted by molar-refractivity contribution is 1.41. The highest BCUT2D eigenvalue weighted by Gasteiger charge is 2.17. The molecule has 0 aliphatic heterocycles. The van der Waals surface area contributed by atoms with Crippen molar-refractivity contribution in [2.24, 2.45) is 0 Å². The number of fused-ring (bicyclic) bond motifs is 6. The van der Waals surface area contributed by atoms with Gasteiger partial charge in [0.05, 0.1) is 0 Å². The molecule has 0 amide bonds. The minimum atomic E-state index is 1.04. The summed E-state index contributed by atoms with van der Waals surface area (Å²) in [5.74, 6) is 0. The van der Waals surface area contributed by atoms with Gasteiger partial charge in [-0.3, -0.25) is 0 Å². The average molecular weight is 699 g/mol. The topological polar surface area (TPSA) is 25.8 Å². The summed E-state index contributed by atoms with van der Waals surface area (Å²) in [5.41, 5.74) is 11.9. The van der Waals surface area contributed by atoms with Gasteiger partial charge < -0.3 is 0 Å². The highest BCUT2D eigenvalue weighted by atomic mass is 32.1. The van der Waals surface area contributed by atoms with Crippen LogP contribution in [0, 0.1) is 0 Å². The quantitative estimate of drug-likeness (QED) is 0.162. The molecule has 10 rings (SSSR count). The largest absolute Gasteiger partial charge is 0.245 e. The Balaban J connectivity index is 1.26. The summed E-state index contributed by atoms with van der Waals surface area (Å²) in [5, 5.41) is 13.6. The van der Waals surface area contributed by atoms with E-state index in [1.807, 2.05) is 23.2 Å². The van der Waals surface area contributed by atoms with Crippen molar-refractivity contribution < 1.29 is 0 Å². The predicted octanol–water partition coefficient (Wildman–Crippen LogP) is 14.1. The molecule has 2 nitrogen and oxygen atoms in total. The molecule has 4 heteroatoms. The molecule has 0 atom stereocenters. The van der Waals surface area contributed by atoms with E-state index in [2.05, 4.69) is 168 Å². The molecule has 0 saturated heterocycles. The van der Waals surface area contributed by atoms with Crippen molar-refractivity contribution in [3.63, 3.8) is 0 Å². The number of rotatable bonds is 6. The number of aromatic nitrogens is 2. The third-order valence-electron chi connectivity index (χ3n) is 9.99. The Labute approximate surface area is 310 Å². The van der Waals surface area contributed by atoms with Crippen LogP contribution in [0.1, 0.15) is 0 Å². The maximum atomic E-state index is 4.58. The van der Waals surface area contributed by atoms with Crippen molar-refractivity contribution in [1.82, 2.24) is 9.97 Å². The van der Waals surface area contributed by atoms with Crippen LogP contribution in [0.4, 0.5) is 0 Å². The van der Waals surface area contributed by atoms with E-state index in [0.29, 0.717) is 0 Å². The Kier molecular flexibility index (Phi) is 7.56. The molecule has 0 bridgehead atoms. The Hall–Kier alpha value is -6.20. The molecule has 0 radical (unpaired) electrons. The summed E-state index contributed by atoms with van der Waals surface area (Å²) >= 11 is 3.34. The highest BCUT2D eigenvalue weighted by Crippen LogP contribution is 2.44. The average Bonchev–Trinajstić information content (AvgIpc) is 3.97. The van der Waals surface area contributed by atoms with E-state index >= 15 is 0 Å². The molecule has 0 fully saturated rings. The van der Waals surface area contributed by atoms with Crippen molar-refractivity contribution in [3.05, 3.63) is 181 Å². The van der Waals surface area contributed by atoms with E-state index in [1.165, 1.54) is 76.8 Å². The van der Waals surface area contributed by atoms with E-state index < -0.39 is 0 Å². The Morgan fingerprint density at radius 1 is 0.288 bits per heavy atom. The van der Waals surface area contributed by atoms with Crippen LogP contribution in [0.25, 0.3) is 98.0 Å². The van der Waals surface area contributed by atoms with Gasteiger partial charge in [0.25, 0.3) is 0 Å². The molecule has 0 N–H and O–H groups in total. The number of benzene rings is 8. The number of hydrogen-bond acceptors (Lipinski definition) is 4. The van der Waals surface area contributed by atoms with Gasteiger partial charge in [0.2, 0.25) is 0 Å². The van der Waals surface area contributed by atoms with Crippen molar-refractivity contribution >= 4 is 55.0 Å². The fourth-order valence-corrected chi connectivity index (χ4v) is 8.79. The first-order valence-electron chi connectivity index (χ1n) is 17.4. The fraction of sp³-hybridized carbons (Fsp3) is 0. The number of nitrogens with zero attached hydrogens (tertiary/aromatic N) is 2. The van der Waals surface area contributed by atoms with Crippen LogP contribution in [0.15, 0.2) is 181 Å². The molecule has 10 aromatic rings. The smallest absolute Gasteiger partial charge is 0.123 e. The maximum Gasteiger partial charge on any atom is 0.123 e. The summed E-state index contributed by atoms with van der Waals surface area (Å²) < 4.78 is 0. The first kappa shape index (κ1) is 30.6. The van der Waals surface area contributed by atoms with Gasteiger partial charge in [-0.25, -0.2) is 9.97 Å². The molecule has 2 aromatic heterocycles. The third-order valence-corrected chi connectivity index (χ3v) is 11.6. The van der Waals surface area contributed by atoms with Crippen LogP contribution < -0.4 is 0 Å². The Bertz CT molecular complexity index is 2680. The van der Waals surface area contributed by atoms with Crippen LogP contribution in [0.5, 0.6) is 0 Å². The second-order valence-corrected chi connectivity index (χ2v) is 14.8. The van der Waals surface area contributed by atoms with Crippen molar-refractivity contribution in [3.8, 4) is 65.6 Å². The molecule has 244 valence electrons. The van der Waals surface area contributed by atoms with Crippen LogP contribution >= 0.6 is 22.7 Å². The summed E-state index contributed by atoms with van der Waals surface area (Å²) in [6.45, 7) is 0. The second-order valence-electron chi connectivity index (χ2n) is 13.0. The number of thiazole rings is 2. The first-order chi connectivity index (χ1) is 25.8. The Morgan fingerprint density at radius 3 is 1.10 bits per heavy atom. The molecular formula is C48H30N2S2. The van der Waals surface area contributed by atoms with Gasteiger partial charge in [-0.2, -0.15) is 0 Å². The molecule has 0 unspecified atom stereocenters. The monoisotopic (exact) mass is 698 g/mol. The van der Waals surface area contributed by atoms with Crippen molar-refractivity contribution in [2.75, 3.05) is 0 Å². The van der Waals surface area contributed by atoms with E-state index in [4.69, 9.17) is 0 Å². The molecule has 0 spiro atoms. The molecule has 2 heterocycles. The summed E-state index contributed by atoms with van der Waals surface area (Å²) in [6, 6.07) is 57.9. The number of hydrogen-bond donors (Lipinski definition) is 0. The van der Waals surface area contributed by atoms with E-state index in [-0.39, 0.29) is 0 Å². The van der Waals surface area contributed by atoms with Crippen LogP contribution in [0.2, 0.25) is 0 Å². The lowest BCUT2D eigenvalue weighted by Gasteiger charge is -2.18. The maximum absolute atomic E-state index is 4.58. The molecule has 8 aromatic carbocycles. The molecular weight excluding hydrogens is 669 g/mol. The van der Waals surface area contributed by atoms with Gasteiger partial charge in [-0.1, -0.05) is 121 Å². The summed E-state index contributed by atoms with van der Waals surface area (Å²) in [4.78, 5) is 9.16. The van der Waals surface area contributed by atoms with Crippen molar-refractivity contribution in [1.29, 1.82) is 0 Å². The van der Waals surface area contributed by atoms with E-state index in [9.17, 15) is 0 Å². The Morgan fingerprint density at radius 2 is 0.673 bits per heavy atom. The lowest BCUT2D eigenvalue weighted by atomic mass is 9.85. The van der Waals surface area contributed by atoms with Crippen molar-refractivity contribution in [2.45, 2.75) is 0 Å². The van der Waals surface area contributed by atoms with Gasteiger partial charge in [0, 0.05) is 34.3 Å². The minimum absolute atomic E-state index is 1.04. The van der Waals surface area contributed by atoms with Crippen LogP contribution in [0.3, 0.4) is 0 Å². The zero-order valence-electron chi connectivity index (χ0n) is 28.0.